The van der Waals surface area contributed by atoms with Gasteiger partial charge >= 0.3 is 0 Å². The number of nitrogens with zero attached hydrogens (tertiary/aromatic N) is 3. The topological polar surface area (TPSA) is 30.7 Å². The van der Waals surface area contributed by atoms with Gasteiger partial charge in [0.15, 0.2) is 0 Å². The van der Waals surface area contributed by atoms with E-state index in [-0.39, 0.29) is 0 Å². The SMILES string of the molecule is c1cc(-c2ccc3c4ccccc4c4ccccc4c3c2)cc(-n2c3ccccc3c3ccc4c5cncnc5sc4c32)c1. The summed E-state index contributed by atoms with van der Waals surface area (Å²) in [6.07, 6.45) is 3.58. The number of aromatic nitrogens is 3. The standard InChI is InChI=1S/C40H23N3S/c1-2-12-29-27(10-1)28-11-3-4-13-30(28)35-21-25(16-17-31(29)35)24-8-7-9-26(20-24)43-37-15-6-5-14-32(37)33-18-19-34-36-22-41-23-42-40(36)44-39(34)38(33)43/h1-23H. The maximum atomic E-state index is 4.60. The van der Waals surface area contributed by atoms with Crippen molar-refractivity contribution in [2.24, 2.45) is 0 Å². The van der Waals surface area contributed by atoms with E-state index in [4.69, 9.17) is 0 Å². The van der Waals surface area contributed by atoms with Crippen LogP contribution in [0.25, 0.3) is 91.2 Å². The zero-order valence-electron chi connectivity index (χ0n) is 23.5. The summed E-state index contributed by atoms with van der Waals surface area (Å²) in [4.78, 5) is 9.95. The highest BCUT2D eigenvalue weighted by molar-refractivity contribution is 7.26. The van der Waals surface area contributed by atoms with E-state index in [1.807, 2.05) is 6.20 Å². The van der Waals surface area contributed by atoms with Crippen molar-refractivity contribution in [2.45, 2.75) is 0 Å². The molecule has 0 radical (unpaired) electrons. The second kappa shape index (κ2) is 8.96. The molecule has 0 N–H and O–H groups in total. The molecule has 0 amide bonds. The van der Waals surface area contributed by atoms with E-state index in [9.17, 15) is 0 Å². The smallest absolute Gasteiger partial charge is 0.127 e. The molecule has 0 saturated heterocycles. The van der Waals surface area contributed by atoms with Crippen LogP contribution in [0.4, 0.5) is 0 Å². The Morgan fingerprint density at radius 3 is 1.91 bits per heavy atom. The number of thiophene rings is 1. The molecule has 44 heavy (non-hydrogen) atoms. The Kier molecular flexibility index (Phi) is 4.87. The van der Waals surface area contributed by atoms with Crippen LogP contribution < -0.4 is 0 Å². The summed E-state index contributed by atoms with van der Waals surface area (Å²) in [6.45, 7) is 0. The lowest BCUT2D eigenvalue weighted by molar-refractivity contribution is 1.19. The Bertz CT molecular complexity index is 2750. The van der Waals surface area contributed by atoms with Gasteiger partial charge in [0.1, 0.15) is 11.2 Å². The lowest BCUT2D eigenvalue weighted by Gasteiger charge is -2.13. The second-order valence-corrected chi connectivity index (χ2v) is 12.4. The minimum Gasteiger partial charge on any atom is -0.308 e. The maximum Gasteiger partial charge on any atom is 0.127 e. The minimum absolute atomic E-state index is 1.02. The summed E-state index contributed by atoms with van der Waals surface area (Å²) < 4.78 is 3.67. The van der Waals surface area contributed by atoms with Gasteiger partial charge < -0.3 is 4.57 Å². The molecule has 0 fully saturated rings. The molecular weight excluding hydrogens is 555 g/mol. The van der Waals surface area contributed by atoms with Gasteiger partial charge in [0.05, 0.1) is 15.7 Å². The van der Waals surface area contributed by atoms with Crippen molar-refractivity contribution in [2.75, 3.05) is 0 Å². The van der Waals surface area contributed by atoms with E-state index in [0.29, 0.717) is 0 Å². The average Bonchev–Trinajstić information content (AvgIpc) is 3.64. The third-order valence-corrected chi connectivity index (χ3v) is 10.3. The van der Waals surface area contributed by atoms with Crippen LogP contribution in [-0.2, 0) is 0 Å². The van der Waals surface area contributed by atoms with Crippen LogP contribution in [-0.4, -0.2) is 14.5 Å². The first-order chi connectivity index (χ1) is 21.8. The quantitative estimate of drug-likeness (QED) is 0.191. The summed E-state index contributed by atoms with van der Waals surface area (Å²) in [7, 11) is 0. The summed E-state index contributed by atoms with van der Waals surface area (Å²) in [5, 5.41) is 12.6. The molecule has 0 spiro atoms. The highest BCUT2D eigenvalue weighted by atomic mass is 32.1. The largest absolute Gasteiger partial charge is 0.308 e. The van der Waals surface area contributed by atoms with E-state index < -0.39 is 0 Å². The van der Waals surface area contributed by atoms with Crippen molar-refractivity contribution in [3.63, 3.8) is 0 Å². The van der Waals surface area contributed by atoms with E-state index in [1.54, 1.807) is 17.7 Å². The molecule has 204 valence electrons. The fourth-order valence-electron chi connectivity index (χ4n) is 7.20. The van der Waals surface area contributed by atoms with Crippen LogP contribution in [0.2, 0.25) is 0 Å². The number of fused-ring (bicyclic) bond motifs is 13. The van der Waals surface area contributed by atoms with Gasteiger partial charge in [-0.1, -0.05) is 103 Å². The van der Waals surface area contributed by atoms with Gasteiger partial charge in [-0.25, -0.2) is 9.97 Å². The molecule has 0 unspecified atom stereocenters. The fourth-order valence-corrected chi connectivity index (χ4v) is 8.36. The zero-order chi connectivity index (χ0) is 28.8. The Balaban J connectivity index is 1.25. The molecule has 0 atom stereocenters. The molecule has 4 heteroatoms. The van der Waals surface area contributed by atoms with Crippen molar-refractivity contribution in [1.29, 1.82) is 0 Å². The normalized spacial score (nSPS) is 12.1. The van der Waals surface area contributed by atoms with Gasteiger partial charge in [-0.3, -0.25) is 0 Å². The number of hydrogen-bond acceptors (Lipinski definition) is 3. The molecule has 10 aromatic rings. The predicted molar refractivity (Wildman–Crippen MR) is 187 cm³/mol. The number of para-hydroxylation sites is 1. The number of hydrogen-bond donors (Lipinski definition) is 0. The summed E-state index contributed by atoms with van der Waals surface area (Å²) in [5.41, 5.74) is 5.98. The number of benzene rings is 7. The van der Waals surface area contributed by atoms with Gasteiger partial charge in [-0.05, 0) is 67.7 Å². The van der Waals surface area contributed by atoms with Crippen LogP contribution in [0.3, 0.4) is 0 Å². The minimum atomic E-state index is 1.02. The molecule has 0 aliphatic heterocycles. The van der Waals surface area contributed by atoms with Crippen LogP contribution in [0, 0.1) is 0 Å². The van der Waals surface area contributed by atoms with E-state index in [1.165, 1.54) is 75.3 Å². The van der Waals surface area contributed by atoms with Crippen molar-refractivity contribution in [3.05, 3.63) is 140 Å². The van der Waals surface area contributed by atoms with Crippen LogP contribution in [0.15, 0.2) is 140 Å². The van der Waals surface area contributed by atoms with Crippen molar-refractivity contribution in [3.8, 4) is 16.8 Å². The Labute approximate surface area is 256 Å². The zero-order valence-corrected chi connectivity index (χ0v) is 24.3. The first kappa shape index (κ1) is 23.9. The van der Waals surface area contributed by atoms with Gasteiger partial charge in [-0.15, -0.1) is 11.3 Å². The van der Waals surface area contributed by atoms with Gasteiger partial charge in [0.2, 0.25) is 0 Å². The molecule has 0 saturated carbocycles. The summed E-state index contributed by atoms with van der Waals surface area (Å²) >= 11 is 1.75. The van der Waals surface area contributed by atoms with Crippen molar-refractivity contribution in [1.82, 2.24) is 14.5 Å². The fraction of sp³-hybridized carbons (Fsp3) is 0. The van der Waals surface area contributed by atoms with E-state index in [2.05, 4.69) is 142 Å². The highest BCUT2D eigenvalue weighted by Gasteiger charge is 2.18. The van der Waals surface area contributed by atoms with Gasteiger partial charge in [-0.2, -0.15) is 0 Å². The highest BCUT2D eigenvalue weighted by Crippen LogP contribution is 2.43. The van der Waals surface area contributed by atoms with Crippen molar-refractivity contribution < 1.29 is 0 Å². The van der Waals surface area contributed by atoms with Crippen molar-refractivity contribution >= 4 is 85.8 Å². The lowest BCUT2D eigenvalue weighted by Crippen LogP contribution is -1.94. The second-order valence-electron chi connectivity index (χ2n) is 11.4. The first-order valence-corrected chi connectivity index (χ1v) is 15.6. The Morgan fingerprint density at radius 1 is 0.477 bits per heavy atom. The Hall–Kier alpha value is -5.58. The monoisotopic (exact) mass is 577 g/mol. The summed E-state index contributed by atoms with van der Waals surface area (Å²) in [6, 6.07) is 46.7. The third kappa shape index (κ3) is 3.26. The molecule has 0 aliphatic rings. The molecule has 3 nitrogen and oxygen atoms in total. The Morgan fingerprint density at radius 2 is 1.11 bits per heavy atom. The maximum absolute atomic E-state index is 4.60. The predicted octanol–water partition coefficient (Wildman–Crippen LogP) is 11.1. The van der Waals surface area contributed by atoms with Crippen LogP contribution in [0.1, 0.15) is 0 Å². The molecular formula is C40H23N3S. The molecule has 0 bridgehead atoms. The third-order valence-electron chi connectivity index (χ3n) is 9.14. The molecule has 0 aliphatic carbocycles. The van der Waals surface area contributed by atoms with Gasteiger partial charge in [0, 0.05) is 33.4 Å². The lowest BCUT2D eigenvalue weighted by atomic mass is 9.92. The van der Waals surface area contributed by atoms with Crippen LogP contribution >= 0.6 is 11.3 Å². The average molecular weight is 578 g/mol. The van der Waals surface area contributed by atoms with Gasteiger partial charge in [0.25, 0.3) is 0 Å². The summed E-state index contributed by atoms with van der Waals surface area (Å²) in [5.74, 6) is 0. The van der Waals surface area contributed by atoms with Crippen LogP contribution in [0.5, 0.6) is 0 Å². The molecule has 3 heterocycles. The number of rotatable bonds is 2. The van der Waals surface area contributed by atoms with E-state index >= 15 is 0 Å². The molecule has 10 rings (SSSR count). The molecule has 7 aromatic carbocycles. The molecule has 3 aromatic heterocycles. The first-order valence-electron chi connectivity index (χ1n) is 14.8. The van der Waals surface area contributed by atoms with E-state index in [0.717, 1.165) is 15.9 Å².